The molecule has 1 nitrogen and oxygen atoms in total. The molecule has 10 aromatic rings. The van der Waals surface area contributed by atoms with Crippen LogP contribution in [0.4, 0.5) is 0 Å². The first kappa shape index (κ1) is 31.9. The predicted molar refractivity (Wildman–Crippen MR) is 233 cm³/mol. The van der Waals surface area contributed by atoms with E-state index in [1.165, 1.54) is 70.9 Å². The summed E-state index contributed by atoms with van der Waals surface area (Å²) in [5.41, 5.74) is 6.45. The minimum absolute atomic E-state index is 0.682. The fourth-order valence-electron chi connectivity index (χ4n) is 9.61. The summed E-state index contributed by atoms with van der Waals surface area (Å²) in [6, 6.07) is 75.7. The molecule has 0 bridgehead atoms. The average molecular weight is 719 g/mol. The molecule has 0 aliphatic heterocycles. The van der Waals surface area contributed by atoms with Gasteiger partial charge < -0.3 is 4.57 Å². The van der Waals surface area contributed by atoms with Crippen molar-refractivity contribution < 1.29 is 4.57 Å². The average Bonchev–Trinajstić information content (AvgIpc) is 3.56. The Morgan fingerprint density at radius 1 is 0.327 bits per heavy atom. The van der Waals surface area contributed by atoms with Gasteiger partial charge in [0, 0.05) is 15.9 Å². The van der Waals surface area contributed by atoms with Crippen LogP contribution in [0.3, 0.4) is 0 Å². The van der Waals surface area contributed by atoms with Gasteiger partial charge in [-0.05, 0) is 94.7 Å². The van der Waals surface area contributed by atoms with Gasteiger partial charge in [0.1, 0.15) is 0 Å². The van der Waals surface area contributed by atoms with Crippen LogP contribution in [-0.2, 0) is 9.98 Å². The lowest BCUT2D eigenvalue weighted by Gasteiger charge is -2.34. The van der Waals surface area contributed by atoms with Crippen LogP contribution in [0.5, 0.6) is 0 Å². The summed E-state index contributed by atoms with van der Waals surface area (Å²) in [5, 5.41) is 12.5. The molecule has 0 saturated carbocycles. The summed E-state index contributed by atoms with van der Waals surface area (Å²) >= 11 is 0. The first-order chi connectivity index (χ1) is 27.2. The van der Waals surface area contributed by atoms with Gasteiger partial charge in [-0.25, -0.2) is 0 Å². The molecule has 1 aliphatic rings. The van der Waals surface area contributed by atoms with Gasteiger partial charge in [-0.15, -0.1) is 0 Å². The van der Waals surface area contributed by atoms with Gasteiger partial charge in [-0.1, -0.05) is 194 Å². The topological polar surface area (TPSA) is 17.1 Å². The summed E-state index contributed by atoms with van der Waals surface area (Å²) in [6.07, 6.45) is 0. The van der Waals surface area contributed by atoms with Crippen molar-refractivity contribution in [2.24, 2.45) is 0 Å². The standard InChI is InChI=1S/C53H35OP/c54-55(39-22-9-3-10-23-39,40-24-11-4-12-25-40)41-30-32-45-48-34-47-44-28-16-15-27-43(44)46-31-29-36-17-13-14-26-42(36)52(46)49(47)35-51(48)53(50(45)33-41,37-18-5-1-6-19-37)38-20-7-2-8-21-38/h1-35H. The number of fused-ring (bicyclic) bond motifs is 11. The number of rotatable bonds is 5. The fraction of sp³-hybridized carbons (Fsp3) is 0.0189. The number of benzene rings is 10. The molecule has 2 heteroatoms. The van der Waals surface area contributed by atoms with E-state index in [0.717, 1.165) is 21.5 Å². The van der Waals surface area contributed by atoms with Crippen molar-refractivity contribution in [2.45, 2.75) is 5.41 Å². The highest BCUT2D eigenvalue weighted by atomic mass is 31.2. The Morgan fingerprint density at radius 2 is 0.836 bits per heavy atom. The van der Waals surface area contributed by atoms with Gasteiger partial charge in [0.25, 0.3) is 0 Å². The highest BCUT2D eigenvalue weighted by Crippen LogP contribution is 2.58. The molecule has 0 radical (unpaired) electrons. The van der Waals surface area contributed by atoms with Gasteiger partial charge in [0.05, 0.1) is 5.41 Å². The number of hydrogen-bond acceptors (Lipinski definition) is 1. The summed E-state index contributed by atoms with van der Waals surface area (Å²) in [6.45, 7) is 0. The molecule has 0 fully saturated rings. The van der Waals surface area contributed by atoms with Crippen molar-refractivity contribution >= 4 is 66.1 Å². The van der Waals surface area contributed by atoms with Crippen LogP contribution in [0.2, 0.25) is 0 Å². The van der Waals surface area contributed by atoms with Gasteiger partial charge in [0.15, 0.2) is 7.14 Å². The SMILES string of the molecule is O=P(c1ccccc1)(c1ccccc1)c1ccc2c(c1)C(c1ccccc1)(c1ccccc1)c1cc3c(cc1-2)c1ccccc1c1ccc2ccccc2c13. The minimum Gasteiger partial charge on any atom is -0.309 e. The van der Waals surface area contributed by atoms with Crippen molar-refractivity contribution in [1.82, 2.24) is 0 Å². The molecule has 0 N–H and O–H groups in total. The Hall–Kier alpha value is -6.53. The molecule has 258 valence electrons. The molecule has 0 heterocycles. The zero-order valence-electron chi connectivity index (χ0n) is 30.1. The van der Waals surface area contributed by atoms with E-state index >= 15 is 4.57 Å². The Labute approximate surface area is 320 Å². The highest BCUT2D eigenvalue weighted by molar-refractivity contribution is 7.85. The van der Waals surface area contributed by atoms with E-state index in [-0.39, 0.29) is 0 Å². The molecule has 55 heavy (non-hydrogen) atoms. The maximum Gasteiger partial charge on any atom is 0.171 e. The molecule has 0 saturated heterocycles. The maximum atomic E-state index is 16.0. The van der Waals surface area contributed by atoms with Gasteiger partial charge in [-0.2, -0.15) is 0 Å². The van der Waals surface area contributed by atoms with Crippen molar-refractivity contribution in [3.05, 3.63) is 235 Å². The normalized spacial score (nSPS) is 13.3. The molecule has 0 spiro atoms. The third-order valence-electron chi connectivity index (χ3n) is 12.0. The van der Waals surface area contributed by atoms with Gasteiger partial charge in [-0.3, -0.25) is 0 Å². The largest absolute Gasteiger partial charge is 0.309 e. The van der Waals surface area contributed by atoms with Crippen molar-refractivity contribution in [3.63, 3.8) is 0 Å². The molecule has 1 aliphatic carbocycles. The molecule has 0 atom stereocenters. The van der Waals surface area contributed by atoms with Crippen LogP contribution in [0, 0.1) is 0 Å². The predicted octanol–water partition coefficient (Wildman–Crippen LogP) is 12.3. The van der Waals surface area contributed by atoms with Gasteiger partial charge in [0.2, 0.25) is 0 Å². The van der Waals surface area contributed by atoms with E-state index < -0.39 is 12.6 Å². The minimum atomic E-state index is -3.28. The van der Waals surface area contributed by atoms with E-state index in [1.807, 2.05) is 60.7 Å². The Balaban J connectivity index is 1.32. The summed E-state index contributed by atoms with van der Waals surface area (Å²) in [5.74, 6) is 0. The molecule has 11 rings (SSSR count). The van der Waals surface area contributed by atoms with Crippen molar-refractivity contribution in [3.8, 4) is 11.1 Å². The third kappa shape index (κ3) is 4.51. The molecule has 0 unspecified atom stereocenters. The quantitative estimate of drug-likeness (QED) is 0.128. The fourth-order valence-corrected chi connectivity index (χ4v) is 12.3. The van der Waals surface area contributed by atoms with Crippen molar-refractivity contribution in [2.75, 3.05) is 0 Å². The van der Waals surface area contributed by atoms with Crippen LogP contribution in [-0.4, -0.2) is 0 Å². The molecular weight excluding hydrogens is 684 g/mol. The Bertz CT molecular complexity index is 3070. The van der Waals surface area contributed by atoms with E-state index in [1.54, 1.807) is 0 Å². The van der Waals surface area contributed by atoms with Crippen LogP contribution in [0.15, 0.2) is 212 Å². The van der Waals surface area contributed by atoms with E-state index in [4.69, 9.17) is 0 Å². The van der Waals surface area contributed by atoms with E-state index in [2.05, 4.69) is 152 Å². The monoisotopic (exact) mass is 718 g/mol. The maximum absolute atomic E-state index is 16.0. The lowest BCUT2D eigenvalue weighted by Crippen LogP contribution is -2.31. The first-order valence-electron chi connectivity index (χ1n) is 19.0. The summed E-state index contributed by atoms with van der Waals surface area (Å²) < 4.78 is 16.0. The second-order valence-corrected chi connectivity index (χ2v) is 17.5. The van der Waals surface area contributed by atoms with Gasteiger partial charge >= 0.3 is 0 Å². The van der Waals surface area contributed by atoms with Crippen LogP contribution in [0.25, 0.3) is 54.2 Å². The van der Waals surface area contributed by atoms with E-state index in [0.29, 0.717) is 0 Å². The molecule has 0 aromatic heterocycles. The zero-order valence-corrected chi connectivity index (χ0v) is 31.0. The molecule has 0 amide bonds. The first-order valence-corrected chi connectivity index (χ1v) is 20.7. The van der Waals surface area contributed by atoms with Crippen LogP contribution in [0.1, 0.15) is 22.3 Å². The number of hydrogen-bond donors (Lipinski definition) is 0. The van der Waals surface area contributed by atoms with Crippen LogP contribution >= 0.6 is 7.14 Å². The third-order valence-corrected chi connectivity index (χ3v) is 15.0. The van der Waals surface area contributed by atoms with E-state index in [9.17, 15) is 0 Å². The Kier molecular flexibility index (Phi) is 7.12. The summed E-state index contributed by atoms with van der Waals surface area (Å²) in [7, 11) is -3.28. The smallest absolute Gasteiger partial charge is 0.171 e. The zero-order chi connectivity index (χ0) is 36.6. The molecule has 10 aromatic carbocycles. The second kappa shape index (κ2) is 12.3. The van der Waals surface area contributed by atoms with Crippen molar-refractivity contribution in [1.29, 1.82) is 0 Å². The lowest BCUT2D eigenvalue weighted by molar-refractivity contribution is 0.592. The second-order valence-electron chi connectivity index (χ2n) is 14.7. The van der Waals surface area contributed by atoms with Crippen LogP contribution < -0.4 is 15.9 Å². The highest BCUT2D eigenvalue weighted by Gasteiger charge is 2.47. The Morgan fingerprint density at radius 3 is 1.45 bits per heavy atom. The molecular formula is C53H35OP. The lowest BCUT2D eigenvalue weighted by atomic mass is 9.67. The summed E-state index contributed by atoms with van der Waals surface area (Å²) in [4.78, 5) is 0.